The van der Waals surface area contributed by atoms with Gasteiger partial charge in [0.25, 0.3) is 0 Å². The third-order valence-corrected chi connectivity index (χ3v) is 4.25. The van der Waals surface area contributed by atoms with E-state index < -0.39 is 0 Å². The summed E-state index contributed by atoms with van der Waals surface area (Å²) >= 11 is 0. The molecule has 2 rings (SSSR count). The molecule has 1 aromatic heterocycles. The average molecular weight is 277 g/mol. The molecule has 5 heteroatoms. The van der Waals surface area contributed by atoms with Gasteiger partial charge in [0, 0.05) is 25.6 Å². The summed E-state index contributed by atoms with van der Waals surface area (Å²) in [6, 6.07) is 0. The zero-order valence-corrected chi connectivity index (χ0v) is 13.2. The summed E-state index contributed by atoms with van der Waals surface area (Å²) in [6.45, 7) is 7.52. The Morgan fingerprint density at radius 2 is 1.95 bits per heavy atom. The van der Waals surface area contributed by atoms with Crippen molar-refractivity contribution in [1.29, 1.82) is 0 Å². The van der Waals surface area contributed by atoms with E-state index in [1.807, 2.05) is 6.92 Å². The molecule has 0 atom stereocenters. The summed E-state index contributed by atoms with van der Waals surface area (Å²) < 4.78 is 0. The fourth-order valence-corrected chi connectivity index (χ4v) is 2.82. The average Bonchev–Trinajstić information content (AvgIpc) is 2.44. The van der Waals surface area contributed by atoms with Crippen molar-refractivity contribution in [3.05, 3.63) is 11.4 Å². The fraction of sp³-hybridized carbons (Fsp3) is 0.733. The summed E-state index contributed by atoms with van der Waals surface area (Å²) in [5, 5.41) is 0. The molecule has 0 bridgehead atoms. The summed E-state index contributed by atoms with van der Waals surface area (Å²) in [6.07, 6.45) is 3.35. The molecule has 2 N–H and O–H groups in total. The van der Waals surface area contributed by atoms with E-state index in [0.717, 1.165) is 36.1 Å². The number of aromatic nitrogens is 2. The van der Waals surface area contributed by atoms with Crippen molar-refractivity contribution < 1.29 is 0 Å². The highest BCUT2D eigenvalue weighted by molar-refractivity contribution is 5.56. The zero-order chi connectivity index (χ0) is 14.7. The second-order valence-corrected chi connectivity index (χ2v) is 5.95. The largest absolute Gasteiger partial charge is 0.383 e. The van der Waals surface area contributed by atoms with Gasteiger partial charge in [0.1, 0.15) is 17.5 Å². The molecule has 0 aliphatic carbocycles. The Hall–Kier alpha value is -1.36. The first-order chi connectivity index (χ1) is 9.51. The highest BCUT2D eigenvalue weighted by Crippen LogP contribution is 2.24. The Morgan fingerprint density at radius 1 is 1.30 bits per heavy atom. The van der Waals surface area contributed by atoms with Crippen LogP contribution in [0.2, 0.25) is 0 Å². The molecule has 0 saturated carbocycles. The minimum Gasteiger partial charge on any atom is -0.383 e. The third-order valence-electron chi connectivity index (χ3n) is 4.25. The Balaban J connectivity index is 2.08. The van der Waals surface area contributed by atoms with Gasteiger partial charge in [0.05, 0.1) is 0 Å². The number of hydrogen-bond donors (Lipinski definition) is 1. The second kappa shape index (κ2) is 6.39. The van der Waals surface area contributed by atoms with Gasteiger partial charge in [0.15, 0.2) is 0 Å². The normalized spacial score (nSPS) is 17.4. The van der Waals surface area contributed by atoms with Gasteiger partial charge >= 0.3 is 0 Å². The van der Waals surface area contributed by atoms with Crippen molar-refractivity contribution in [2.24, 2.45) is 5.92 Å². The van der Waals surface area contributed by atoms with Gasteiger partial charge in [-0.2, -0.15) is 0 Å². The number of nitrogens with two attached hydrogens (primary N) is 1. The molecule has 2 heterocycles. The predicted octanol–water partition coefficient (Wildman–Crippen LogP) is 1.71. The van der Waals surface area contributed by atoms with Crippen LogP contribution in [0.1, 0.15) is 31.2 Å². The molecule has 0 radical (unpaired) electrons. The van der Waals surface area contributed by atoms with Crippen molar-refractivity contribution in [1.82, 2.24) is 14.9 Å². The molecule has 0 unspecified atom stereocenters. The molecule has 1 aliphatic heterocycles. The highest BCUT2D eigenvalue weighted by Gasteiger charge is 2.20. The molecule has 0 amide bonds. The minimum atomic E-state index is 0.613. The van der Waals surface area contributed by atoms with E-state index >= 15 is 0 Å². The summed E-state index contributed by atoms with van der Waals surface area (Å²) in [5.41, 5.74) is 7.00. The number of rotatable bonds is 4. The number of nitrogen functional groups attached to an aromatic ring is 1. The number of likely N-dealkylation sites (tertiary alicyclic amines) is 1. The maximum Gasteiger partial charge on any atom is 0.137 e. The lowest BCUT2D eigenvalue weighted by Gasteiger charge is -2.32. The highest BCUT2D eigenvalue weighted by atomic mass is 15.2. The van der Waals surface area contributed by atoms with Crippen molar-refractivity contribution >= 4 is 11.6 Å². The van der Waals surface area contributed by atoms with Gasteiger partial charge in [-0.15, -0.1) is 0 Å². The minimum absolute atomic E-state index is 0.613. The first kappa shape index (κ1) is 15.0. The molecule has 112 valence electrons. The molecule has 1 aromatic rings. The molecule has 1 aliphatic rings. The van der Waals surface area contributed by atoms with Crippen LogP contribution in [0.15, 0.2) is 0 Å². The van der Waals surface area contributed by atoms with Gasteiger partial charge in [-0.1, -0.05) is 6.92 Å². The zero-order valence-electron chi connectivity index (χ0n) is 13.2. The van der Waals surface area contributed by atoms with Gasteiger partial charge in [-0.05, 0) is 45.8 Å². The Bertz CT molecular complexity index is 452. The Labute approximate surface area is 122 Å². The van der Waals surface area contributed by atoms with Crippen LogP contribution in [0.3, 0.4) is 0 Å². The van der Waals surface area contributed by atoms with E-state index in [1.54, 1.807) is 0 Å². The van der Waals surface area contributed by atoms with Gasteiger partial charge < -0.3 is 15.5 Å². The monoisotopic (exact) mass is 277 g/mol. The Morgan fingerprint density at radius 3 is 2.55 bits per heavy atom. The fourth-order valence-electron chi connectivity index (χ4n) is 2.82. The topological polar surface area (TPSA) is 58.3 Å². The maximum absolute atomic E-state index is 6.00. The number of nitrogens with zero attached hydrogens (tertiary/aromatic N) is 4. The lowest BCUT2D eigenvalue weighted by molar-refractivity contribution is 0.222. The number of hydrogen-bond acceptors (Lipinski definition) is 5. The molecular formula is C15H27N5. The SMILES string of the molecule is CCc1nc(N)c(C)c(N(C)CC2CCN(C)CC2)n1. The first-order valence-corrected chi connectivity index (χ1v) is 7.54. The summed E-state index contributed by atoms with van der Waals surface area (Å²) in [4.78, 5) is 13.6. The van der Waals surface area contributed by atoms with Crippen LogP contribution in [0.25, 0.3) is 0 Å². The van der Waals surface area contributed by atoms with Crippen LogP contribution in [-0.2, 0) is 6.42 Å². The van der Waals surface area contributed by atoms with E-state index in [2.05, 4.69) is 40.8 Å². The van der Waals surface area contributed by atoms with Crippen LogP contribution in [-0.4, -0.2) is 48.6 Å². The molecule has 0 aromatic carbocycles. The molecule has 1 saturated heterocycles. The van der Waals surface area contributed by atoms with Crippen LogP contribution in [0.5, 0.6) is 0 Å². The second-order valence-electron chi connectivity index (χ2n) is 5.95. The molecular weight excluding hydrogens is 250 g/mol. The summed E-state index contributed by atoms with van der Waals surface area (Å²) in [7, 11) is 4.31. The van der Waals surface area contributed by atoms with Crippen molar-refractivity contribution in [3.63, 3.8) is 0 Å². The van der Waals surface area contributed by atoms with Crippen LogP contribution < -0.4 is 10.6 Å². The maximum atomic E-state index is 6.00. The van der Waals surface area contributed by atoms with E-state index in [0.29, 0.717) is 5.82 Å². The first-order valence-electron chi connectivity index (χ1n) is 7.54. The van der Waals surface area contributed by atoms with Crippen molar-refractivity contribution in [2.45, 2.75) is 33.1 Å². The smallest absolute Gasteiger partial charge is 0.137 e. The Kier molecular flexibility index (Phi) is 4.81. The third kappa shape index (κ3) is 3.39. The van der Waals surface area contributed by atoms with E-state index in [9.17, 15) is 0 Å². The van der Waals surface area contributed by atoms with Crippen LogP contribution in [0, 0.1) is 12.8 Å². The lowest BCUT2D eigenvalue weighted by atomic mass is 9.96. The van der Waals surface area contributed by atoms with Crippen molar-refractivity contribution in [2.75, 3.05) is 44.4 Å². The molecule has 0 spiro atoms. The lowest BCUT2D eigenvalue weighted by Crippen LogP contribution is -2.36. The van der Waals surface area contributed by atoms with E-state index in [4.69, 9.17) is 5.73 Å². The molecule has 20 heavy (non-hydrogen) atoms. The summed E-state index contributed by atoms with van der Waals surface area (Å²) in [5.74, 6) is 3.19. The van der Waals surface area contributed by atoms with Crippen LogP contribution >= 0.6 is 0 Å². The number of piperidine rings is 1. The predicted molar refractivity (Wildman–Crippen MR) is 84.1 cm³/mol. The van der Waals surface area contributed by atoms with E-state index in [-0.39, 0.29) is 0 Å². The van der Waals surface area contributed by atoms with Crippen molar-refractivity contribution in [3.8, 4) is 0 Å². The van der Waals surface area contributed by atoms with Gasteiger partial charge in [-0.25, -0.2) is 9.97 Å². The number of aryl methyl sites for hydroxylation is 1. The van der Waals surface area contributed by atoms with Gasteiger partial charge in [-0.3, -0.25) is 0 Å². The quantitative estimate of drug-likeness (QED) is 0.908. The van der Waals surface area contributed by atoms with Crippen LogP contribution in [0.4, 0.5) is 11.6 Å². The molecule has 1 fully saturated rings. The van der Waals surface area contributed by atoms with E-state index in [1.165, 1.54) is 25.9 Å². The number of anilines is 2. The molecule has 5 nitrogen and oxygen atoms in total. The standard InChI is InChI=1S/C15H27N5/c1-5-13-17-14(16)11(2)15(18-13)20(4)10-12-6-8-19(3)9-7-12/h12H,5-10H2,1-4H3,(H2,16,17,18). The van der Waals surface area contributed by atoms with Gasteiger partial charge in [0.2, 0.25) is 0 Å².